The lowest BCUT2D eigenvalue weighted by Gasteiger charge is -2.04. The summed E-state index contributed by atoms with van der Waals surface area (Å²) in [4.78, 5) is 10.6. The molecular weight excluding hydrogens is 218 g/mol. The van der Waals surface area contributed by atoms with Crippen LogP contribution in [-0.4, -0.2) is 27.2 Å². The average Bonchev–Trinajstić information content (AvgIpc) is 2.14. The van der Waals surface area contributed by atoms with Crippen LogP contribution in [0.25, 0.3) is 0 Å². The zero-order valence-electron chi connectivity index (χ0n) is 8.14. The topological polar surface area (TPSA) is 86.5 Å². The van der Waals surface area contributed by atoms with Crippen LogP contribution in [0.1, 0.15) is 0 Å². The zero-order chi connectivity index (χ0) is 11.5. The van der Waals surface area contributed by atoms with Crippen molar-refractivity contribution in [3.8, 4) is 5.75 Å². The molecule has 0 aliphatic rings. The van der Waals surface area contributed by atoms with Crippen LogP contribution in [-0.2, 0) is 14.6 Å². The van der Waals surface area contributed by atoms with Crippen LogP contribution in [0.5, 0.6) is 5.75 Å². The van der Waals surface area contributed by atoms with E-state index < -0.39 is 15.7 Å². The second-order valence-electron chi connectivity index (χ2n) is 3.00. The van der Waals surface area contributed by atoms with Crippen molar-refractivity contribution in [2.75, 3.05) is 12.9 Å². The molecule has 0 bridgehead atoms. The molecule has 0 atom stereocenters. The van der Waals surface area contributed by atoms with Gasteiger partial charge in [0.05, 0.1) is 4.90 Å². The Hall–Kier alpha value is -1.56. The van der Waals surface area contributed by atoms with Crippen molar-refractivity contribution in [2.24, 2.45) is 5.73 Å². The van der Waals surface area contributed by atoms with Crippen LogP contribution in [0.15, 0.2) is 29.2 Å². The minimum atomic E-state index is -3.26. The highest BCUT2D eigenvalue weighted by molar-refractivity contribution is 7.90. The Labute approximate surface area is 87.8 Å². The molecule has 0 saturated carbocycles. The number of hydrogen-bond donors (Lipinski definition) is 1. The van der Waals surface area contributed by atoms with Crippen molar-refractivity contribution in [2.45, 2.75) is 4.90 Å². The van der Waals surface area contributed by atoms with Crippen LogP contribution in [0.2, 0.25) is 0 Å². The Morgan fingerprint density at radius 1 is 1.47 bits per heavy atom. The van der Waals surface area contributed by atoms with Crippen LogP contribution < -0.4 is 10.5 Å². The van der Waals surface area contributed by atoms with E-state index in [1.807, 2.05) is 0 Å². The van der Waals surface area contributed by atoms with Crippen molar-refractivity contribution in [3.05, 3.63) is 24.3 Å². The number of primary amides is 1. The van der Waals surface area contributed by atoms with Gasteiger partial charge < -0.3 is 10.5 Å². The number of amides is 1. The standard InChI is InChI=1S/C9H11NO4S/c1-15(12,13)8-4-2-3-7(5-8)14-6-9(10)11/h2-5H,6H2,1H3,(H2,10,11). The van der Waals surface area contributed by atoms with Crippen LogP contribution in [0.3, 0.4) is 0 Å². The molecule has 5 nitrogen and oxygen atoms in total. The number of carbonyl (C=O) groups is 1. The number of ether oxygens (including phenoxy) is 1. The van der Waals surface area contributed by atoms with Crippen molar-refractivity contribution >= 4 is 15.7 Å². The van der Waals surface area contributed by atoms with Crippen molar-refractivity contribution in [1.82, 2.24) is 0 Å². The maximum atomic E-state index is 11.2. The quantitative estimate of drug-likeness (QED) is 0.784. The third kappa shape index (κ3) is 3.59. The van der Waals surface area contributed by atoms with Crippen LogP contribution in [0.4, 0.5) is 0 Å². The lowest BCUT2D eigenvalue weighted by molar-refractivity contribution is -0.119. The Morgan fingerprint density at radius 2 is 2.13 bits per heavy atom. The van der Waals surface area contributed by atoms with Gasteiger partial charge in [-0.25, -0.2) is 8.42 Å². The minimum Gasteiger partial charge on any atom is -0.484 e. The van der Waals surface area contributed by atoms with Gasteiger partial charge in [0.15, 0.2) is 16.4 Å². The summed E-state index contributed by atoms with van der Waals surface area (Å²) in [5, 5.41) is 0. The Bertz CT molecular complexity index is 467. The molecule has 0 unspecified atom stereocenters. The fourth-order valence-electron chi connectivity index (χ4n) is 0.949. The van der Waals surface area contributed by atoms with E-state index in [-0.39, 0.29) is 11.5 Å². The van der Waals surface area contributed by atoms with Crippen LogP contribution >= 0.6 is 0 Å². The molecule has 2 N–H and O–H groups in total. The first kappa shape index (κ1) is 11.5. The summed E-state index contributed by atoms with van der Waals surface area (Å²) in [5.41, 5.74) is 4.88. The average molecular weight is 229 g/mol. The SMILES string of the molecule is CS(=O)(=O)c1cccc(OCC(N)=O)c1. The normalized spacial score (nSPS) is 11.0. The minimum absolute atomic E-state index is 0.143. The highest BCUT2D eigenvalue weighted by Crippen LogP contribution is 2.16. The molecule has 0 spiro atoms. The molecule has 0 aliphatic carbocycles. The predicted molar refractivity (Wildman–Crippen MR) is 54.2 cm³/mol. The molecule has 0 aromatic heterocycles. The van der Waals surface area contributed by atoms with Crippen LogP contribution in [0, 0.1) is 0 Å². The van der Waals surface area contributed by atoms with E-state index in [2.05, 4.69) is 0 Å². The summed E-state index contributed by atoms with van der Waals surface area (Å²) >= 11 is 0. The van der Waals surface area contributed by atoms with Gasteiger partial charge in [0, 0.05) is 6.26 Å². The van der Waals surface area contributed by atoms with E-state index in [1.54, 1.807) is 6.07 Å². The highest BCUT2D eigenvalue weighted by atomic mass is 32.2. The van der Waals surface area contributed by atoms with E-state index in [0.29, 0.717) is 5.75 Å². The number of hydrogen-bond acceptors (Lipinski definition) is 4. The summed E-state index contributed by atoms with van der Waals surface area (Å²) in [6.07, 6.45) is 1.10. The van der Waals surface area contributed by atoms with E-state index in [4.69, 9.17) is 10.5 Å². The van der Waals surface area contributed by atoms with Crippen molar-refractivity contribution in [3.63, 3.8) is 0 Å². The largest absolute Gasteiger partial charge is 0.484 e. The summed E-state index contributed by atoms with van der Waals surface area (Å²) in [6, 6.07) is 5.88. The van der Waals surface area contributed by atoms with Gasteiger partial charge in [-0.15, -0.1) is 0 Å². The third-order valence-corrected chi connectivity index (χ3v) is 2.72. The van der Waals surface area contributed by atoms with Gasteiger partial charge in [-0.3, -0.25) is 4.79 Å². The van der Waals surface area contributed by atoms with Gasteiger partial charge in [0.25, 0.3) is 5.91 Å². The molecule has 1 aromatic rings. The third-order valence-electron chi connectivity index (χ3n) is 1.61. The van der Waals surface area contributed by atoms with E-state index >= 15 is 0 Å². The van der Waals surface area contributed by atoms with Gasteiger partial charge >= 0.3 is 0 Å². The Morgan fingerprint density at radius 3 is 2.67 bits per heavy atom. The summed E-state index contributed by atoms with van der Waals surface area (Å²) in [7, 11) is -3.26. The zero-order valence-corrected chi connectivity index (χ0v) is 8.95. The molecular formula is C9H11NO4S. The molecule has 15 heavy (non-hydrogen) atoms. The summed E-state index contributed by atoms with van der Waals surface area (Å²) < 4.78 is 27.3. The van der Waals surface area contributed by atoms with Gasteiger partial charge in [0.1, 0.15) is 5.75 Å². The maximum Gasteiger partial charge on any atom is 0.255 e. The molecule has 82 valence electrons. The van der Waals surface area contributed by atoms with Gasteiger partial charge in [-0.1, -0.05) is 6.07 Å². The smallest absolute Gasteiger partial charge is 0.255 e. The van der Waals surface area contributed by atoms with Gasteiger partial charge in [0.2, 0.25) is 0 Å². The molecule has 0 radical (unpaired) electrons. The molecule has 0 heterocycles. The summed E-state index contributed by atoms with van der Waals surface area (Å²) in [6.45, 7) is -0.271. The Balaban J connectivity index is 2.89. The fraction of sp³-hybridized carbons (Fsp3) is 0.222. The fourth-order valence-corrected chi connectivity index (χ4v) is 1.61. The molecule has 1 amide bonds. The van der Waals surface area contributed by atoms with E-state index in [9.17, 15) is 13.2 Å². The first-order valence-electron chi connectivity index (χ1n) is 4.11. The number of benzene rings is 1. The van der Waals surface area contributed by atoms with Gasteiger partial charge in [-0.2, -0.15) is 0 Å². The van der Waals surface area contributed by atoms with Gasteiger partial charge in [-0.05, 0) is 18.2 Å². The molecule has 0 fully saturated rings. The number of carbonyl (C=O) groups excluding carboxylic acids is 1. The Kier molecular flexibility index (Phi) is 3.31. The number of nitrogens with two attached hydrogens (primary N) is 1. The molecule has 6 heteroatoms. The predicted octanol–water partition coefficient (Wildman–Crippen LogP) is -0.0458. The highest BCUT2D eigenvalue weighted by Gasteiger charge is 2.07. The first-order valence-corrected chi connectivity index (χ1v) is 6.00. The van der Waals surface area contributed by atoms with Crippen molar-refractivity contribution in [1.29, 1.82) is 0 Å². The lowest BCUT2D eigenvalue weighted by Crippen LogP contribution is -2.20. The monoisotopic (exact) mass is 229 g/mol. The second-order valence-corrected chi connectivity index (χ2v) is 5.02. The van der Waals surface area contributed by atoms with E-state index in [1.165, 1.54) is 18.2 Å². The molecule has 0 aliphatic heterocycles. The second kappa shape index (κ2) is 4.31. The summed E-state index contributed by atoms with van der Waals surface area (Å²) in [5.74, 6) is -0.309. The molecule has 0 saturated heterocycles. The number of sulfone groups is 1. The molecule has 1 aromatic carbocycles. The number of rotatable bonds is 4. The first-order chi connectivity index (χ1) is 6.89. The maximum absolute atomic E-state index is 11.2. The van der Waals surface area contributed by atoms with Crippen molar-refractivity contribution < 1.29 is 17.9 Å². The lowest BCUT2D eigenvalue weighted by atomic mass is 10.3. The molecule has 1 rings (SSSR count). The van der Waals surface area contributed by atoms with E-state index in [0.717, 1.165) is 6.26 Å².